The minimum atomic E-state index is 0.0261. The number of thioether (sulfide) groups is 2. The van der Waals surface area contributed by atoms with Crippen LogP contribution in [0.15, 0.2) is 0 Å². The van der Waals surface area contributed by atoms with Gasteiger partial charge in [-0.1, -0.05) is 103 Å². The van der Waals surface area contributed by atoms with Crippen LogP contribution in [0.4, 0.5) is 0 Å². The highest BCUT2D eigenvalue weighted by molar-refractivity contribution is 7.99. The van der Waals surface area contributed by atoms with Gasteiger partial charge in [0.15, 0.2) is 0 Å². The topological polar surface area (TPSA) is 29.5 Å². The van der Waals surface area contributed by atoms with Crippen molar-refractivity contribution in [3.05, 3.63) is 0 Å². The Balaban J connectivity index is 3.13. The molecule has 0 radical (unpaired) electrons. The fourth-order valence-corrected chi connectivity index (χ4v) is 4.72. The van der Waals surface area contributed by atoms with Crippen LogP contribution in [-0.4, -0.2) is 47.9 Å². The number of ether oxygens (including phenoxy) is 1. The van der Waals surface area contributed by atoms with E-state index in [1.165, 1.54) is 108 Å². The molecule has 0 saturated carbocycles. The molecule has 0 fully saturated rings. The molecule has 0 saturated heterocycles. The molecule has 0 aromatic rings. The second-order valence-corrected chi connectivity index (χ2v) is 10.2. The van der Waals surface area contributed by atoms with Crippen molar-refractivity contribution < 1.29 is 9.84 Å². The molecule has 0 aliphatic rings. The summed E-state index contributed by atoms with van der Waals surface area (Å²) < 4.78 is 5.67. The highest BCUT2D eigenvalue weighted by Crippen LogP contribution is 2.15. The first-order valence-corrected chi connectivity index (χ1v) is 14.7. The minimum Gasteiger partial charge on any atom is -0.394 e. The van der Waals surface area contributed by atoms with Gasteiger partial charge in [-0.2, -0.15) is 23.5 Å². The highest BCUT2D eigenvalue weighted by Gasteiger charge is 2.07. The van der Waals surface area contributed by atoms with Crippen molar-refractivity contribution in [2.45, 2.75) is 116 Å². The largest absolute Gasteiger partial charge is 0.394 e. The first-order chi connectivity index (χ1) is 13.8. The van der Waals surface area contributed by atoms with Gasteiger partial charge in [0.25, 0.3) is 0 Å². The average Bonchev–Trinajstić information content (AvgIpc) is 2.71. The second-order valence-electron chi connectivity index (χ2n) is 8.05. The van der Waals surface area contributed by atoms with Crippen molar-refractivity contribution in [2.75, 3.05) is 36.7 Å². The molecular weight excluding hydrogens is 384 g/mol. The molecule has 0 aliphatic carbocycles. The summed E-state index contributed by atoms with van der Waals surface area (Å²) in [6.07, 6.45) is 24.9. The van der Waals surface area contributed by atoms with Gasteiger partial charge in [-0.05, 0) is 18.4 Å². The summed E-state index contributed by atoms with van der Waals surface area (Å²) in [5.74, 6) is 3.16. The van der Waals surface area contributed by atoms with Crippen molar-refractivity contribution in [2.24, 2.45) is 0 Å². The van der Waals surface area contributed by atoms with Crippen LogP contribution in [-0.2, 0) is 4.74 Å². The molecule has 0 heterocycles. The number of unbranched alkanes of at least 4 members (excludes halogenated alkanes) is 15. The number of aliphatic hydroxyl groups is 1. The van der Waals surface area contributed by atoms with Crippen molar-refractivity contribution in [3.63, 3.8) is 0 Å². The standard InChI is InChI=1S/C24H50O2S2/c1-3-4-5-6-7-8-9-10-11-12-13-14-15-16-17-18-20-28-23-24(22-25)26-19-21-27-2/h24-25H,3-23H2,1-2H3. The summed E-state index contributed by atoms with van der Waals surface area (Å²) in [7, 11) is 0. The maximum atomic E-state index is 9.32. The molecular formula is C24H50O2S2. The molecule has 0 spiro atoms. The molecule has 28 heavy (non-hydrogen) atoms. The molecule has 0 aliphatic heterocycles. The quantitative estimate of drug-likeness (QED) is 0.157. The number of aliphatic hydroxyl groups excluding tert-OH is 1. The molecule has 0 bridgehead atoms. The molecule has 0 rings (SSSR count). The number of hydrogen-bond donors (Lipinski definition) is 1. The fourth-order valence-electron chi connectivity index (χ4n) is 3.42. The van der Waals surface area contributed by atoms with Gasteiger partial charge in [0.1, 0.15) is 0 Å². The van der Waals surface area contributed by atoms with Gasteiger partial charge < -0.3 is 9.84 Å². The summed E-state index contributed by atoms with van der Waals surface area (Å²) in [5, 5.41) is 9.32. The molecule has 1 unspecified atom stereocenters. The van der Waals surface area contributed by atoms with Gasteiger partial charge in [-0.25, -0.2) is 0 Å². The zero-order valence-electron chi connectivity index (χ0n) is 19.1. The SMILES string of the molecule is CCCCCCCCCCCCCCCCCCSCC(CO)OCCSC. The minimum absolute atomic E-state index is 0.0261. The Bertz CT molecular complexity index is 277. The van der Waals surface area contributed by atoms with Gasteiger partial charge in [0, 0.05) is 11.5 Å². The van der Waals surface area contributed by atoms with E-state index >= 15 is 0 Å². The molecule has 1 N–H and O–H groups in total. The Kier molecular flexibility index (Phi) is 26.2. The Morgan fingerprint density at radius 1 is 0.679 bits per heavy atom. The second kappa shape index (κ2) is 25.7. The van der Waals surface area contributed by atoms with Gasteiger partial charge >= 0.3 is 0 Å². The normalized spacial score (nSPS) is 12.5. The number of hydrogen-bond acceptors (Lipinski definition) is 4. The Morgan fingerprint density at radius 2 is 1.14 bits per heavy atom. The Morgan fingerprint density at radius 3 is 1.57 bits per heavy atom. The van der Waals surface area contributed by atoms with E-state index in [4.69, 9.17) is 4.74 Å². The lowest BCUT2D eigenvalue weighted by Crippen LogP contribution is -2.22. The van der Waals surface area contributed by atoms with E-state index in [2.05, 4.69) is 13.2 Å². The van der Waals surface area contributed by atoms with Gasteiger partial charge in [0.2, 0.25) is 0 Å². The van der Waals surface area contributed by atoms with E-state index in [1.807, 2.05) is 11.8 Å². The van der Waals surface area contributed by atoms with Crippen LogP contribution in [0.25, 0.3) is 0 Å². The van der Waals surface area contributed by atoms with Crippen LogP contribution >= 0.6 is 23.5 Å². The van der Waals surface area contributed by atoms with Crippen LogP contribution in [0.2, 0.25) is 0 Å². The maximum absolute atomic E-state index is 9.32. The summed E-state index contributed by atoms with van der Waals surface area (Å²) >= 11 is 3.73. The van der Waals surface area contributed by atoms with Crippen LogP contribution in [0.5, 0.6) is 0 Å². The first kappa shape index (κ1) is 28.6. The molecule has 4 heteroatoms. The maximum Gasteiger partial charge on any atom is 0.0896 e. The highest BCUT2D eigenvalue weighted by atomic mass is 32.2. The van der Waals surface area contributed by atoms with E-state index in [9.17, 15) is 5.11 Å². The third-order valence-corrected chi connectivity index (χ3v) is 7.05. The van der Waals surface area contributed by atoms with Crippen LogP contribution in [0.3, 0.4) is 0 Å². The summed E-state index contributed by atoms with van der Waals surface area (Å²) in [4.78, 5) is 0. The Hall–Kier alpha value is 0.620. The first-order valence-electron chi connectivity index (χ1n) is 12.1. The Labute approximate surface area is 185 Å². The number of rotatable bonds is 24. The molecule has 170 valence electrons. The lowest BCUT2D eigenvalue weighted by Gasteiger charge is -2.14. The van der Waals surface area contributed by atoms with E-state index in [0.29, 0.717) is 0 Å². The third-order valence-electron chi connectivity index (χ3n) is 5.29. The van der Waals surface area contributed by atoms with E-state index < -0.39 is 0 Å². The average molecular weight is 435 g/mol. The van der Waals surface area contributed by atoms with Gasteiger partial charge in [0.05, 0.1) is 19.3 Å². The lowest BCUT2D eigenvalue weighted by atomic mass is 10.0. The van der Waals surface area contributed by atoms with Gasteiger partial charge in [-0.15, -0.1) is 0 Å². The summed E-state index contributed by atoms with van der Waals surface area (Å²) in [5.41, 5.74) is 0. The molecule has 0 aromatic heterocycles. The van der Waals surface area contributed by atoms with Crippen molar-refractivity contribution >= 4 is 23.5 Å². The third kappa shape index (κ3) is 22.9. The lowest BCUT2D eigenvalue weighted by molar-refractivity contribution is 0.0371. The predicted octanol–water partition coefficient (Wildman–Crippen LogP) is 7.72. The zero-order chi connectivity index (χ0) is 20.5. The van der Waals surface area contributed by atoms with Crippen molar-refractivity contribution in [1.82, 2.24) is 0 Å². The van der Waals surface area contributed by atoms with Crippen LogP contribution < -0.4 is 0 Å². The molecule has 2 nitrogen and oxygen atoms in total. The van der Waals surface area contributed by atoms with Crippen molar-refractivity contribution in [1.29, 1.82) is 0 Å². The smallest absolute Gasteiger partial charge is 0.0896 e. The van der Waals surface area contributed by atoms with Crippen LogP contribution in [0, 0.1) is 0 Å². The van der Waals surface area contributed by atoms with E-state index in [1.54, 1.807) is 11.8 Å². The predicted molar refractivity (Wildman–Crippen MR) is 132 cm³/mol. The summed E-state index contributed by atoms with van der Waals surface area (Å²) in [6, 6.07) is 0. The summed E-state index contributed by atoms with van der Waals surface area (Å²) in [6.45, 7) is 3.20. The van der Waals surface area contributed by atoms with E-state index in [0.717, 1.165) is 18.1 Å². The molecule has 0 aromatic carbocycles. The molecule has 1 atom stereocenters. The fraction of sp³-hybridized carbons (Fsp3) is 1.00. The zero-order valence-corrected chi connectivity index (χ0v) is 20.7. The van der Waals surface area contributed by atoms with Gasteiger partial charge in [-0.3, -0.25) is 0 Å². The van der Waals surface area contributed by atoms with Crippen LogP contribution in [0.1, 0.15) is 110 Å². The monoisotopic (exact) mass is 434 g/mol. The molecule has 0 amide bonds. The van der Waals surface area contributed by atoms with Crippen molar-refractivity contribution in [3.8, 4) is 0 Å². The van der Waals surface area contributed by atoms with E-state index in [-0.39, 0.29) is 12.7 Å².